The van der Waals surface area contributed by atoms with E-state index in [1.54, 1.807) is 6.07 Å². The van der Waals surface area contributed by atoms with Crippen LogP contribution in [0.2, 0.25) is 0 Å². The third-order valence-corrected chi connectivity index (χ3v) is 5.97. The number of hydrogen-bond acceptors (Lipinski definition) is 8. The topological polar surface area (TPSA) is 135 Å². The fourth-order valence-corrected chi connectivity index (χ4v) is 3.90. The molecule has 1 aliphatic rings. The second-order valence-corrected chi connectivity index (χ2v) is 7.81. The number of sulfonamides is 1. The van der Waals surface area contributed by atoms with Gasteiger partial charge in [0.15, 0.2) is 11.0 Å². The smallest absolute Gasteiger partial charge is 0.256 e. The highest BCUT2D eigenvalue weighted by atomic mass is 32.2. The standard InChI is InChI=1S/C13H18N6O4S/c1-18(2)24(21,22)10-6-5-8(11-12(10)17-23-16-11)19-7-3-4-9(19)13(20)15-14/h5-6,9H,3-4,7,14H2,1-2H3,(H,15,20). The average molecular weight is 354 g/mol. The molecule has 0 radical (unpaired) electrons. The van der Waals surface area contributed by atoms with Gasteiger partial charge >= 0.3 is 0 Å². The molecule has 0 spiro atoms. The molecule has 1 unspecified atom stereocenters. The van der Waals surface area contributed by atoms with Crippen LogP contribution < -0.4 is 16.2 Å². The van der Waals surface area contributed by atoms with Crippen LogP contribution in [-0.2, 0) is 14.8 Å². The first-order chi connectivity index (χ1) is 11.4. The summed E-state index contributed by atoms with van der Waals surface area (Å²) in [6.07, 6.45) is 1.45. The molecule has 24 heavy (non-hydrogen) atoms. The second-order valence-electron chi connectivity index (χ2n) is 5.69. The molecule has 1 aliphatic heterocycles. The second kappa shape index (κ2) is 6.00. The molecule has 10 nitrogen and oxygen atoms in total. The number of nitrogens with zero attached hydrogens (tertiary/aromatic N) is 4. The number of nitrogens with one attached hydrogen (secondary N) is 1. The maximum absolute atomic E-state index is 12.4. The predicted octanol–water partition coefficient (Wildman–Crippen LogP) is -0.568. The minimum atomic E-state index is -3.70. The van der Waals surface area contributed by atoms with Crippen molar-refractivity contribution in [2.45, 2.75) is 23.8 Å². The van der Waals surface area contributed by atoms with Crippen molar-refractivity contribution in [3.8, 4) is 0 Å². The minimum Gasteiger partial charge on any atom is -0.358 e. The van der Waals surface area contributed by atoms with E-state index in [0.29, 0.717) is 24.2 Å². The highest BCUT2D eigenvalue weighted by molar-refractivity contribution is 7.89. The normalized spacial score (nSPS) is 18.5. The van der Waals surface area contributed by atoms with E-state index in [2.05, 4.69) is 15.7 Å². The third kappa shape index (κ3) is 2.50. The summed E-state index contributed by atoms with van der Waals surface area (Å²) >= 11 is 0. The van der Waals surface area contributed by atoms with Crippen LogP contribution in [0, 0.1) is 0 Å². The van der Waals surface area contributed by atoms with Gasteiger partial charge in [-0.1, -0.05) is 0 Å². The molecule has 2 heterocycles. The molecule has 2 aromatic rings. The van der Waals surface area contributed by atoms with Crippen LogP contribution in [0.5, 0.6) is 0 Å². The molecule has 0 aliphatic carbocycles. The van der Waals surface area contributed by atoms with Crippen molar-refractivity contribution in [1.82, 2.24) is 20.0 Å². The molecule has 1 fully saturated rings. The summed E-state index contributed by atoms with van der Waals surface area (Å²) in [7, 11) is -0.825. The van der Waals surface area contributed by atoms with Crippen LogP contribution in [0.25, 0.3) is 11.0 Å². The lowest BCUT2D eigenvalue weighted by atomic mass is 10.2. The third-order valence-electron chi connectivity index (χ3n) is 4.12. The summed E-state index contributed by atoms with van der Waals surface area (Å²) in [6.45, 7) is 0.625. The quantitative estimate of drug-likeness (QED) is 0.423. The number of carbonyl (C=O) groups excluding carboxylic acids is 1. The summed E-state index contributed by atoms with van der Waals surface area (Å²) < 4.78 is 30.7. The van der Waals surface area contributed by atoms with Gasteiger partial charge < -0.3 is 4.90 Å². The maximum atomic E-state index is 12.4. The number of amides is 1. The predicted molar refractivity (Wildman–Crippen MR) is 85.4 cm³/mol. The van der Waals surface area contributed by atoms with Crippen LogP contribution in [0.4, 0.5) is 5.69 Å². The Morgan fingerprint density at radius 1 is 1.38 bits per heavy atom. The molecule has 0 bridgehead atoms. The number of fused-ring (bicyclic) bond motifs is 1. The van der Waals surface area contributed by atoms with Gasteiger partial charge in [-0.2, -0.15) is 0 Å². The van der Waals surface area contributed by atoms with Gasteiger partial charge in [-0.05, 0) is 35.3 Å². The lowest BCUT2D eigenvalue weighted by molar-refractivity contribution is -0.122. The highest BCUT2D eigenvalue weighted by Crippen LogP contribution is 2.34. The van der Waals surface area contributed by atoms with E-state index in [9.17, 15) is 13.2 Å². The van der Waals surface area contributed by atoms with Gasteiger partial charge in [0.1, 0.15) is 10.9 Å². The van der Waals surface area contributed by atoms with Gasteiger partial charge in [0, 0.05) is 20.6 Å². The van der Waals surface area contributed by atoms with Crippen molar-refractivity contribution in [2.75, 3.05) is 25.5 Å². The van der Waals surface area contributed by atoms with E-state index in [1.807, 2.05) is 4.90 Å². The average Bonchev–Trinajstić information content (AvgIpc) is 3.21. The Balaban J connectivity index is 2.13. The Hall–Kier alpha value is -2.24. The van der Waals surface area contributed by atoms with Gasteiger partial charge in [-0.3, -0.25) is 10.2 Å². The van der Waals surface area contributed by atoms with Gasteiger partial charge in [0.2, 0.25) is 10.0 Å². The fourth-order valence-electron chi connectivity index (χ4n) is 2.89. The van der Waals surface area contributed by atoms with Crippen LogP contribution in [0.3, 0.4) is 0 Å². The maximum Gasteiger partial charge on any atom is 0.256 e. The number of nitrogens with two attached hydrogens (primary N) is 1. The number of anilines is 1. The minimum absolute atomic E-state index is 0.00604. The summed E-state index contributed by atoms with van der Waals surface area (Å²) in [5.41, 5.74) is 3.19. The van der Waals surface area contributed by atoms with E-state index < -0.39 is 16.1 Å². The first-order valence-corrected chi connectivity index (χ1v) is 8.77. The van der Waals surface area contributed by atoms with Crippen molar-refractivity contribution < 1.29 is 17.8 Å². The number of benzene rings is 1. The van der Waals surface area contributed by atoms with E-state index in [-0.39, 0.29) is 16.3 Å². The summed E-state index contributed by atoms with van der Waals surface area (Å²) in [6, 6.07) is 2.63. The highest BCUT2D eigenvalue weighted by Gasteiger charge is 2.33. The van der Waals surface area contributed by atoms with Crippen molar-refractivity contribution in [1.29, 1.82) is 0 Å². The van der Waals surface area contributed by atoms with Gasteiger partial charge in [-0.25, -0.2) is 23.2 Å². The molecule has 1 aromatic heterocycles. The molecule has 1 atom stereocenters. The van der Waals surface area contributed by atoms with Gasteiger partial charge in [0.25, 0.3) is 5.91 Å². The van der Waals surface area contributed by atoms with Crippen molar-refractivity contribution in [3.05, 3.63) is 12.1 Å². The van der Waals surface area contributed by atoms with Crippen LogP contribution in [0.1, 0.15) is 12.8 Å². The molecule has 1 aromatic carbocycles. The number of hydrogen-bond donors (Lipinski definition) is 2. The number of carbonyl (C=O) groups is 1. The molecule has 3 N–H and O–H groups in total. The van der Waals surface area contributed by atoms with E-state index in [0.717, 1.165) is 10.7 Å². The molecule has 3 rings (SSSR count). The Morgan fingerprint density at radius 2 is 2.08 bits per heavy atom. The van der Waals surface area contributed by atoms with E-state index >= 15 is 0 Å². The Bertz CT molecular complexity index is 878. The Labute approximate surface area is 138 Å². The van der Waals surface area contributed by atoms with Crippen LogP contribution in [0.15, 0.2) is 21.7 Å². The Kier molecular flexibility index (Phi) is 4.15. The Morgan fingerprint density at radius 3 is 2.75 bits per heavy atom. The SMILES string of the molecule is CN(C)S(=O)(=O)c1ccc(N2CCCC2C(=O)NN)c2nonc12. The molecular weight excluding hydrogens is 336 g/mol. The fraction of sp³-hybridized carbons (Fsp3) is 0.462. The summed E-state index contributed by atoms with van der Waals surface area (Å²) in [4.78, 5) is 13.8. The zero-order valence-corrected chi connectivity index (χ0v) is 14.1. The van der Waals surface area contributed by atoms with Crippen molar-refractivity contribution in [3.63, 3.8) is 0 Å². The van der Waals surface area contributed by atoms with Crippen LogP contribution in [-0.4, -0.2) is 55.6 Å². The zero-order valence-electron chi connectivity index (χ0n) is 13.3. The van der Waals surface area contributed by atoms with Gasteiger partial charge in [0.05, 0.1) is 5.69 Å². The number of hydrazine groups is 1. The molecule has 11 heteroatoms. The molecule has 1 amide bonds. The molecule has 130 valence electrons. The summed E-state index contributed by atoms with van der Waals surface area (Å²) in [5, 5.41) is 7.59. The van der Waals surface area contributed by atoms with Gasteiger partial charge in [-0.15, -0.1) is 0 Å². The lowest BCUT2D eigenvalue weighted by Gasteiger charge is -2.25. The van der Waals surface area contributed by atoms with Crippen molar-refractivity contribution in [2.24, 2.45) is 5.84 Å². The van der Waals surface area contributed by atoms with E-state index in [1.165, 1.54) is 20.2 Å². The number of aromatic nitrogens is 2. The molecular formula is C13H18N6O4S. The number of rotatable bonds is 4. The zero-order chi connectivity index (χ0) is 17.5. The first kappa shape index (κ1) is 16.6. The molecule has 0 saturated carbocycles. The van der Waals surface area contributed by atoms with Crippen molar-refractivity contribution >= 4 is 32.7 Å². The molecule has 1 saturated heterocycles. The largest absolute Gasteiger partial charge is 0.358 e. The monoisotopic (exact) mass is 354 g/mol. The van der Waals surface area contributed by atoms with E-state index in [4.69, 9.17) is 10.5 Å². The summed E-state index contributed by atoms with van der Waals surface area (Å²) in [5.74, 6) is 4.94. The lowest BCUT2D eigenvalue weighted by Crippen LogP contribution is -2.46. The van der Waals surface area contributed by atoms with Crippen LogP contribution >= 0.6 is 0 Å². The first-order valence-electron chi connectivity index (χ1n) is 7.33.